The van der Waals surface area contributed by atoms with Crippen LogP contribution in [0, 0.1) is 5.92 Å². The molecule has 2 N–H and O–H groups in total. The summed E-state index contributed by atoms with van der Waals surface area (Å²) in [6, 6.07) is 10.1. The zero-order valence-corrected chi connectivity index (χ0v) is 15.2. The number of benzene rings is 1. The summed E-state index contributed by atoms with van der Waals surface area (Å²) in [5.74, 6) is -0.378. The molecule has 3 aliphatic rings. The number of amides is 1. The molecule has 0 bridgehead atoms. The minimum Gasteiger partial charge on any atom is -0.480 e. The van der Waals surface area contributed by atoms with Crippen LogP contribution in [0.2, 0.25) is 0 Å². The highest BCUT2D eigenvalue weighted by molar-refractivity contribution is 5.80. The molecule has 3 atom stereocenters. The number of hydrogen-bond donors (Lipinski definition) is 2. The highest BCUT2D eigenvalue weighted by atomic mass is 16.4. The topological polar surface area (TPSA) is 69.6 Å². The van der Waals surface area contributed by atoms with E-state index in [9.17, 15) is 14.7 Å². The van der Waals surface area contributed by atoms with Crippen molar-refractivity contribution in [2.75, 3.05) is 13.1 Å². The molecule has 1 aromatic rings. The van der Waals surface area contributed by atoms with E-state index in [1.54, 1.807) is 0 Å². The maximum atomic E-state index is 12.6. The van der Waals surface area contributed by atoms with Gasteiger partial charge in [-0.2, -0.15) is 0 Å². The molecule has 0 radical (unpaired) electrons. The van der Waals surface area contributed by atoms with Crippen LogP contribution in [0.25, 0.3) is 0 Å². The number of likely N-dealkylation sites (tertiary alicyclic amines) is 1. The van der Waals surface area contributed by atoms with Crippen molar-refractivity contribution in [3.05, 3.63) is 35.9 Å². The van der Waals surface area contributed by atoms with Gasteiger partial charge in [-0.25, -0.2) is 0 Å². The molecular weight excluding hydrogens is 328 g/mol. The number of carboxylic acid groups (broad SMARTS) is 1. The number of carbonyl (C=O) groups is 2. The molecule has 3 unspecified atom stereocenters. The van der Waals surface area contributed by atoms with Gasteiger partial charge in [-0.05, 0) is 43.6 Å². The Morgan fingerprint density at radius 3 is 2.58 bits per heavy atom. The lowest BCUT2D eigenvalue weighted by Crippen LogP contribution is -2.48. The quantitative estimate of drug-likeness (QED) is 0.822. The third-order valence-corrected chi connectivity index (χ3v) is 6.70. The molecule has 3 fully saturated rings. The van der Waals surface area contributed by atoms with Crippen LogP contribution in [-0.2, 0) is 15.0 Å². The van der Waals surface area contributed by atoms with Crippen LogP contribution >= 0.6 is 0 Å². The zero-order chi connectivity index (χ0) is 18.1. The maximum absolute atomic E-state index is 12.6. The van der Waals surface area contributed by atoms with E-state index in [-0.39, 0.29) is 23.9 Å². The van der Waals surface area contributed by atoms with Crippen molar-refractivity contribution in [1.82, 2.24) is 10.2 Å². The minimum atomic E-state index is -0.782. The number of nitrogens with one attached hydrogen (secondary N) is 1. The highest BCUT2D eigenvalue weighted by Gasteiger charge is 2.47. The molecule has 140 valence electrons. The third kappa shape index (κ3) is 3.37. The summed E-state index contributed by atoms with van der Waals surface area (Å²) in [7, 11) is 0. The molecule has 1 amide bonds. The van der Waals surface area contributed by atoms with Gasteiger partial charge in [-0.15, -0.1) is 0 Å². The predicted octanol–water partition coefficient (Wildman–Crippen LogP) is 2.55. The minimum absolute atomic E-state index is 0.0373. The fourth-order valence-electron chi connectivity index (χ4n) is 5.02. The van der Waals surface area contributed by atoms with Crippen LogP contribution in [0.5, 0.6) is 0 Å². The van der Waals surface area contributed by atoms with E-state index in [1.165, 1.54) is 12.0 Å². The standard InChI is InChI=1S/C21H28N2O3/c24-19(22-14-21(10-11-21)16-7-2-1-3-8-16)13-23-17-9-5-4-6-15(17)12-18(23)20(25)26/h1-3,7-8,15,17-18H,4-6,9-14H2,(H,22,24)(H,25,26). The van der Waals surface area contributed by atoms with E-state index in [1.807, 2.05) is 23.1 Å². The van der Waals surface area contributed by atoms with E-state index in [4.69, 9.17) is 0 Å². The lowest BCUT2D eigenvalue weighted by atomic mass is 9.85. The lowest BCUT2D eigenvalue weighted by molar-refractivity contribution is -0.143. The Bertz CT molecular complexity index is 671. The zero-order valence-electron chi connectivity index (χ0n) is 15.2. The van der Waals surface area contributed by atoms with Crippen LogP contribution in [0.4, 0.5) is 0 Å². The number of rotatable bonds is 6. The van der Waals surface area contributed by atoms with Crippen molar-refractivity contribution in [2.45, 2.75) is 62.4 Å². The fraction of sp³-hybridized carbons (Fsp3) is 0.619. The lowest BCUT2D eigenvalue weighted by Gasteiger charge is -2.32. The van der Waals surface area contributed by atoms with Gasteiger partial charge in [0, 0.05) is 18.0 Å². The number of hydrogen-bond acceptors (Lipinski definition) is 3. The van der Waals surface area contributed by atoms with Gasteiger partial charge in [0.2, 0.25) is 5.91 Å². The van der Waals surface area contributed by atoms with Gasteiger partial charge in [0.15, 0.2) is 0 Å². The Kier molecular flexibility index (Phi) is 4.74. The molecule has 1 aromatic carbocycles. The van der Waals surface area contributed by atoms with E-state index in [2.05, 4.69) is 17.4 Å². The van der Waals surface area contributed by atoms with E-state index in [0.717, 1.165) is 32.1 Å². The van der Waals surface area contributed by atoms with Crippen LogP contribution in [0.15, 0.2) is 30.3 Å². The summed E-state index contributed by atoms with van der Waals surface area (Å²) >= 11 is 0. The Morgan fingerprint density at radius 1 is 1.15 bits per heavy atom. The molecule has 5 nitrogen and oxygen atoms in total. The first-order chi connectivity index (χ1) is 12.6. The summed E-state index contributed by atoms with van der Waals surface area (Å²) in [5.41, 5.74) is 1.37. The van der Waals surface area contributed by atoms with Crippen molar-refractivity contribution in [3.8, 4) is 0 Å². The summed E-state index contributed by atoms with van der Waals surface area (Å²) in [6.07, 6.45) is 7.35. The Hall–Kier alpha value is -1.88. The molecule has 26 heavy (non-hydrogen) atoms. The van der Waals surface area contributed by atoms with Gasteiger partial charge < -0.3 is 10.4 Å². The largest absolute Gasteiger partial charge is 0.480 e. The van der Waals surface area contributed by atoms with Crippen molar-refractivity contribution in [1.29, 1.82) is 0 Å². The second-order valence-electron chi connectivity index (χ2n) is 8.30. The average molecular weight is 356 g/mol. The third-order valence-electron chi connectivity index (χ3n) is 6.70. The van der Waals surface area contributed by atoms with Crippen molar-refractivity contribution in [2.24, 2.45) is 5.92 Å². The first-order valence-corrected chi connectivity index (χ1v) is 9.90. The summed E-state index contributed by atoms with van der Waals surface area (Å²) in [5, 5.41) is 12.7. The molecule has 1 saturated heterocycles. The Balaban J connectivity index is 1.37. The summed E-state index contributed by atoms with van der Waals surface area (Å²) in [4.78, 5) is 26.2. The molecule has 2 saturated carbocycles. The molecule has 5 heteroatoms. The fourth-order valence-corrected chi connectivity index (χ4v) is 5.02. The Labute approximate surface area is 154 Å². The maximum Gasteiger partial charge on any atom is 0.320 e. The van der Waals surface area contributed by atoms with Gasteiger partial charge in [0.25, 0.3) is 0 Å². The van der Waals surface area contributed by atoms with E-state index < -0.39 is 12.0 Å². The van der Waals surface area contributed by atoms with Crippen molar-refractivity contribution >= 4 is 11.9 Å². The van der Waals surface area contributed by atoms with Gasteiger partial charge in [-0.1, -0.05) is 43.2 Å². The summed E-state index contributed by atoms with van der Waals surface area (Å²) < 4.78 is 0. The average Bonchev–Trinajstić information content (AvgIpc) is 3.37. The highest BCUT2D eigenvalue weighted by Crippen LogP contribution is 2.47. The van der Waals surface area contributed by atoms with Gasteiger partial charge in [-0.3, -0.25) is 14.5 Å². The molecule has 0 spiro atoms. The first-order valence-electron chi connectivity index (χ1n) is 9.90. The van der Waals surface area contributed by atoms with Gasteiger partial charge in [0.05, 0.1) is 6.54 Å². The van der Waals surface area contributed by atoms with Crippen LogP contribution in [-0.4, -0.2) is 47.1 Å². The SMILES string of the molecule is O=C(CN1C(C(=O)O)CC2CCCCC21)NCC1(c2ccccc2)CC1. The van der Waals surface area contributed by atoms with Crippen molar-refractivity contribution in [3.63, 3.8) is 0 Å². The number of carboxylic acids is 1. The molecule has 4 rings (SSSR count). The van der Waals surface area contributed by atoms with E-state index >= 15 is 0 Å². The predicted molar refractivity (Wildman–Crippen MR) is 98.9 cm³/mol. The molecule has 1 aliphatic heterocycles. The van der Waals surface area contributed by atoms with Crippen LogP contribution in [0.3, 0.4) is 0 Å². The summed E-state index contributed by atoms with van der Waals surface area (Å²) in [6.45, 7) is 0.860. The van der Waals surface area contributed by atoms with Crippen LogP contribution in [0.1, 0.15) is 50.5 Å². The molecular formula is C21H28N2O3. The van der Waals surface area contributed by atoms with Crippen molar-refractivity contribution < 1.29 is 14.7 Å². The second-order valence-corrected chi connectivity index (χ2v) is 8.30. The Morgan fingerprint density at radius 2 is 1.88 bits per heavy atom. The smallest absolute Gasteiger partial charge is 0.320 e. The van der Waals surface area contributed by atoms with Gasteiger partial charge >= 0.3 is 5.97 Å². The first kappa shape index (κ1) is 17.5. The number of carbonyl (C=O) groups excluding carboxylic acids is 1. The van der Waals surface area contributed by atoms with Gasteiger partial charge in [0.1, 0.15) is 6.04 Å². The number of nitrogens with zero attached hydrogens (tertiary/aromatic N) is 1. The number of fused-ring (bicyclic) bond motifs is 1. The molecule has 1 heterocycles. The number of aliphatic carboxylic acids is 1. The van der Waals surface area contributed by atoms with Crippen LogP contribution < -0.4 is 5.32 Å². The molecule has 0 aromatic heterocycles. The second kappa shape index (κ2) is 7.03. The molecule has 2 aliphatic carbocycles. The van der Waals surface area contributed by atoms with E-state index in [0.29, 0.717) is 18.9 Å². The monoisotopic (exact) mass is 356 g/mol. The normalized spacial score (nSPS) is 29.8.